The van der Waals surface area contributed by atoms with Crippen LogP contribution in [0, 0.1) is 0 Å². The Kier molecular flexibility index (Phi) is 5.51. The number of sulfonamides is 1. The SMILES string of the molecule is COc1ccccc1N(C(C)C(=O)O)S(=O)(=O)c1ccc(Br)cc1. The van der Waals surface area contributed by atoms with Gasteiger partial charge in [-0.1, -0.05) is 28.1 Å². The number of para-hydroxylation sites is 2. The number of nitrogens with zero attached hydrogens (tertiary/aromatic N) is 1. The van der Waals surface area contributed by atoms with Crippen molar-refractivity contribution in [3.8, 4) is 5.75 Å². The maximum atomic E-state index is 13.0. The van der Waals surface area contributed by atoms with Crippen LogP contribution < -0.4 is 9.04 Å². The fraction of sp³-hybridized carbons (Fsp3) is 0.188. The lowest BCUT2D eigenvalue weighted by atomic mass is 10.2. The summed E-state index contributed by atoms with van der Waals surface area (Å²) in [6.07, 6.45) is 0. The van der Waals surface area contributed by atoms with Gasteiger partial charge in [0, 0.05) is 4.47 Å². The molecule has 0 amide bonds. The van der Waals surface area contributed by atoms with Crippen molar-refractivity contribution < 1.29 is 23.1 Å². The van der Waals surface area contributed by atoms with Crippen molar-refractivity contribution in [3.63, 3.8) is 0 Å². The Morgan fingerprint density at radius 2 is 1.75 bits per heavy atom. The van der Waals surface area contributed by atoms with Gasteiger partial charge in [-0.15, -0.1) is 0 Å². The molecular formula is C16H16BrNO5S. The number of methoxy groups -OCH3 is 1. The standard InChI is InChI=1S/C16H16BrNO5S/c1-11(16(19)20)18(14-5-3-4-6-15(14)23-2)24(21,22)13-9-7-12(17)8-10-13/h3-11H,1-2H3,(H,19,20). The van der Waals surface area contributed by atoms with Crippen LogP contribution in [0.2, 0.25) is 0 Å². The highest BCUT2D eigenvalue weighted by Crippen LogP contribution is 2.34. The average molecular weight is 414 g/mol. The zero-order valence-corrected chi connectivity index (χ0v) is 15.4. The first-order chi connectivity index (χ1) is 11.3. The Hall–Kier alpha value is -2.06. The van der Waals surface area contributed by atoms with E-state index in [1.807, 2.05) is 0 Å². The quantitative estimate of drug-likeness (QED) is 0.785. The lowest BCUT2D eigenvalue weighted by molar-refractivity contribution is -0.137. The molecule has 8 heteroatoms. The van der Waals surface area contributed by atoms with Crippen LogP contribution >= 0.6 is 15.9 Å². The molecule has 0 bridgehead atoms. The molecule has 0 aliphatic heterocycles. The van der Waals surface area contributed by atoms with E-state index in [0.29, 0.717) is 0 Å². The number of benzene rings is 2. The molecule has 0 saturated heterocycles. The molecule has 6 nitrogen and oxygen atoms in total. The van der Waals surface area contributed by atoms with E-state index in [1.54, 1.807) is 30.3 Å². The molecule has 0 radical (unpaired) electrons. The molecule has 2 aromatic rings. The summed E-state index contributed by atoms with van der Waals surface area (Å²) in [4.78, 5) is 11.5. The topological polar surface area (TPSA) is 83.9 Å². The second-order valence-corrected chi connectivity index (χ2v) is 7.67. The van der Waals surface area contributed by atoms with Crippen molar-refractivity contribution in [2.75, 3.05) is 11.4 Å². The lowest BCUT2D eigenvalue weighted by Gasteiger charge is -2.29. The molecule has 1 unspecified atom stereocenters. The molecule has 0 spiro atoms. The number of hydrogen-bond donors (Lipinski definition) is 1. The molecule has 1 N–H and O–H groups in total. The number of carboxylic acid groups (broad SMARTS) is 1. The van der Waals surface area contributed by atoms with Gasteiger partial charge in [0.1, 0.15) is 11.8 Å². The first kappa shape index (κ1) is 18.3. The van der Waals surface area contributed by atoms with E-state index in [-0.39, 0.29) is 16.3 Å². The van der Waals surface area contributed by atoms with E-state index < -0.39 is 22.0 Å². The van der Waals surface area contributed by atoms with Crippen molar-refractivity contribution in [3.05, 3.63) is 53.0 Å². The second-order valence-electron chi connectivity index (χ2n) is 4.94. The van der Waals surface area contributed by atoms with Crippen LogP contribution in [-0.2, 0) is 14.8 Å². The minimum Gasteiger partial charge on any atom is -0.495 e. The summed E-state index contributed by atoms with van der Waals surface area (Å²) in [5.41, 5.74) is 0.165. The second kappa shape index (κ2) is 7.23. The molecule has 0 aliphatic carbocycles. The minimum absolute atomic E-state index is 0.00953. The van der Waals surface area contributed by atoms with E-state index in [1.165, 1.54) is 32.2 Å². The van der Waals surface area contributed by atoms with E-state index in [4.69, 9.17) is 4.74 Å². The number of anilines is 1. The van der Waals surface area contributed by atoms with E-state index in [9.17, 15) is 18.3 Å². The first-order valence-electron chi connectivity index (χ1n) is 6.95. The molecule has 128 valence electrons. The third-order valence-electron chi connectivity index (χ3n) is 3.40. The Bertz CT molecular complexity index is 836. The Labute approximate surface area is 148 Å². The van der Waals surface area contributed by atoms with Gasteiger partial charge in [0.2, 0.25) is 0 Å². The van der Waals surface area contributed by atoms with E-state index >= 15 is 0 Å². The summed E-state index contributed by atoms with van der Waals surface area (Å²) in [6.45, 7) is 1.31. The van der Waals surface area contributed by atoms with Crippen LogP contribution in [0.25, 0.3) is 0 Å². The summed E-state index contributed by atoms with van der Waals surface area (Å²) in [6, 6.07) is 11.1. The third kappa shape index (κ3) is 3.54. The number of carbonyl (C=O) groups is 1. The van der Waals surface area contributed by atoms with Crippen molar-refractivity contribution in [1.82, 2.24) is 0 Å². The van der Waals surface area contributed by atoms with Gasteiger partial charge in [-0.05, 0) is 43.3 Å². The summed E-state index contributed by atoms with van der Waals surface area (Å²) in [5.74, 6) is -0.993. The van der Waals surface area contributed by atoms with Crippen molar-refractivity contribution in [1.29, 1.82) is 0 Å². The van der Waals surface area contributed by atoms with Crippen molar-refractivity contribution in [2.45, 2.75) is 17.9 Å². The predicted octanol–water partition coefficient (Wildman–Crippen LogP) is 3.13. The van der Waals surface area contributed by atoms with Gasteiger partial charge in [-0.2, -0.15) is 0 Å². The largest absolute Gasteiger partial charge is 0.495 e. The van der Waals surface area contributed by atoms with Crippen LogP contribution in [0.1, 0.15) is 6.92 Å². The highest BCUT2D eigenvalue weighted by molar-refractivity contribution is 9.10. The zero-order valence-electron chi connectivity index (χ0n) is 13.0. The molecule has 0 fully saturated rings. The number of aliphatic carboxylic acids is 1. The van der Waals surface area contributed by atoms with Crippen LogP contribution in [0.15, 0.2) is 57.9 Å². The normalized spacial score (nSPS) is 12.5. The summed E-state index contributed by atoms with van der Waals surface area (Å²) in [5, 5.41) is 9.38. The molecule has 0 saturated carbocycles. The van der Waals surface area contributed by atoms with Crippen molar-refractivity contribution >= 4 is 37.6 Å². The number of carboxylic acids is 1. The van der Waals surface area contributed by atoms with Gasteiger partial charge in [-0.3, -0.25) is 0 Å². The van der Waals surface area contributed by atoms with Crippen LogP contribution in [0.5, 0.6) is 5.75 Å². The van der Waals surface area contributed by atoms with Crippen LogP contribution in [-0.4, -0.2) is 32.6 Å². The number of ether oxygens (including phenoxy) is 1. The van der Waals surface area contributed by atoms with Gasteiger partial charge < -0.3 is 9.84 Å². The van der Waals surface area contributed by atoms with Gasteiger partial charge in [0.15, 0.2) is 0 Å². The van der Waals surface area contributed by atoms with Gasteiger partial charge in [0.25, 0.3) is 10.0 Å². The molecule has 0 aliphatic rings. The smallest absolute Gasteiger partial charge is 0.327 e. The lowest BCUT2D eigenvalue weighted by Crippen LogP contribution is -2.43. The average Bonchev–Trinajstić information content (AvgIpc) is 2.55. The first-order valence-corrected chi connectivity index (χ1v) is 9.18. The third-order valence-corrected chi connectivity index (χ3v) is 5.83. The number of hydrogen-bond acceptors (Lipinski definition) is 4. The maximum Gasteiger partial charge on any atom is 0.327 e. The summed E-state index contributed by atoms with van der Waals surface area (Å²) >= 11 is 3.25. The van der Waals surface area contributed by atoms with Crippen LogP contribution in [0.4, 0.5) is 5.69 Å². The Morgan fingerprint density at radius 3 is 2.29 bits per heavy atom. The van der Waals surface area contributed by atoms with Crippen LogP contribution in [0.3, 0.4) is 0 Å². The van der Waals surface area contributed by atoms with Gasteiger partial charge >= 0.3 is 5.97 Å². The van der Waals surface area contributed by atoms with Crippen molar-refractivity contribution in [2.24, 2.45) is 0 Å². The molecular weight excluding hydrogens is 398 g/mol. The predicted molar refractivity (Wildman–Crippen MR) is 93.9 cm³/mol. The molecule has 2 aromatic carbocycles. The van der Waals surface area contributed by atoms with E-state index in [2.05, 4.69) is 15.9 Å². The maximum absolute atomic E-state index is 13.0. The minimum atomic E-state index is -4.10. The highest BCUT2D eigenvalue weighted by atomic mass is 79.9. The zero-order chi connectivity index (χ0) is 17.9. The van der Waals surface area contributed by atoms with Gasteiger partial charge in [-0.25, -0.2) is 17.5 Å². The molecule has 2 rings (SSSR count). The van der Waals surface area contributed by atoms with E-state index in [0.717, 1.165) is 8.78 Å². The Morgan fingerprint density at radius 1 is 1.17 bits per heavy atom. The molecule has 0 aromatic heterocycles. The summed E-state index contributed by atoms with van der Waals surface area (Å²) < 4.78 is 32.9. The molecule has 0 heterocycles. The number of halogens is 1. The molecule has 24 heavy (non-hydrogen) atoms. The Balaban J connectivity index is 2.66. The monoisotopic (exact) mass is 413 g/mol. The highest BCUT2D eigenvalue weighted by Gasteiger charge is 2.34. The number of rotatable bonds is 6. The van der Waals surface area contributed by atoms with Gasteiger partial charge in [0.05, 0.1) is 17.7 Å². The fourth-order valence-electron chi connectivity index (χ4n) is 2.18. The fourth-order valence-corrected chi connectivity index (χ4v) is 4.07. The summed E-state index contributed by atoms with van der Waals surface area (Å²) in [7, 11) is -2.70. The molecule has 1 atom stereocenters.